The van der Waals surface area contributed by atoms with Gasteiger partial charge in [-0.25, -0.2) is 4.79 Å². The summed E-state index contributed by atoms with van der Waals surface area (Å²) < 4.78 is 10.3. The van der Waals surface area contributed by atoms with E-state index in [1.165, 1.54) is 0 Å². The molecule has 1 rings (SSSR count). The summed E-state index contributed by atoms with van der Waals surface area (Å²) in [5.41, 5.74) is 1.43. The maximum Gasteiger partial charge on any atom is 0.349 e. The fraction of sp³-hybridized carbons (Fsp3) is 0.375. The molecule has 1 aromatic carbocycles. The summed E-state index contributed by atoms with van der Waals surface area (Å²) in [6, 6.07) is 9.12. The van der Waals surface area contributed by atoms with E-state index in [1.54, 1.807) is 33.1 Å². The van der Waals surface area contributed by atoms with Crippen molar-refractivity contribution in [2.45, 2.75) is 33.3 Å². The second kappa shape index (κ2) is 7.34. The first-order valence-corrected chi connectivity index (χ1v) is 6.49. The zero-order valence-corrected chi connectivity index (χ0v) is 12.3. The van der Waals surface area contributed by atoms with Gasteiger partial charge in [-0.3, -0.25) is 0 Å². The molecule has 4 heteroatoms. The number of carbonyl (C=O) groups is 1. The molecular weight excluding hydrogens is 254 g/mol. The Morgan fingerprint density at radius 3 is 2.40 bits per heavy atom. The van der Waals surface area contributed by atoms with E-state index < -0.39 is 5.97 Å². The highest BCUT2D eigenvalue weighted by Crippen LogP contribution is 2.22. The maximum absolute atomic E-state index is 12.0. The zero-order valence-electron chi connectivity index (χ0n) is 12.3. The van der Waals surface area contributed by atoms with Crippen LogP contribution in [0.3, 0.4) is 0 Å². The van der Waals surface area contributed by atoms with Crippen LogP contribution < -0.4 is 4.74 Å². The van der Waals surface area contributed by atoms with Gasteiger partial charge in [0.05, 0.1) is 13.2 Å². The molecule has 0 heterocycles. The molecule has 20 heavy (non-hydrogen) atoms. The van der Waals surface area contributed by atoms with E-state index in [0.717, 1.165) is 11.3 Å². The number of hydrogen-bond donors (Lipinski definition) is 0. The van der Waals surface area contributed by atoms with Gasteiger partial charge in [0.2, 0.25) is 0 Å². The number of ether oxygens (including phenoxy) is 2. The van der Waals surface area contributed by atoms with Crippen LogP contribution in [0.1, 0.15) is 32.8 Å². The summed E-state index contributed by atoms with van der Waals surface area (Å²) in [5.74, 6) is 0.150. The van der Waals surface area contributed by atoms with Crippen molar-refractivity contribution in [3.8, 4) is 11.8 Å². The Labute approximate surface area is 119 Å². The number of nitriles is 1. The molecule has 4 nitrogen and oxygen atoms in total. The number of carbonyl (C=O) groups excluding carboxylic acids is 1. The highest BCUT2D eigenvalue weighted by Gasteiger charge is 2.17. The van der Waals surface area contributed by atoms with E-state index in [-0.39, 0.29) is 11.7 Å². The fourth-order valence-corrected chi connectivity index (χ4v) is 1.59. The summed E-state index contributed by atoms with van der Waals surface area (Å²) in [5, 5.41) is 9.18. The number of nitrogens with zero attached hydrogens (tertiary/aromatic N) is 1. The van der Waals surface area contributed by atoms with Gasteiger partial charge >= 0.3 is 5.97 Å². The van der Waals surface area contributed by atoms with Gasteiger partial charge in [0.15, 0.2) is 0 Å². The highest BCUT2D eigenvalue weighted by molar-refractivity contribution is 6.01. The molecule has 0 N–H and O–H groups in total. The normalized spacial score (nSPS) is 12.9. The Kier molecular flexibility index (Phi) is 5.79. The zero-order chi connectivity index (χ0) is 15.1. The molecule has 0 aliphatic heterocycles. The Balaban J connectivity index is 3.05. The van der Waals surface area contributed by atoms with Crippen LogP contribution in [-0.4, -0.2) is 19.2 Å². The third kappa shape index (κ3) is 3.86. The summed E-state index contributed by atoms with van der Waals surface area (Å²) in [6.07, 6.45) is 0.515. The Bertz CT molecular complexity index is 538. The van der Waals surface area contributed by atoms with Crippen molar-refractivity contribution in [1.82, 2.24) is 0 Å². The second-order valence-electron chi connectivity index (χ2n) is 4.46. The number of benzene rings is 1. The third-order valence-corrected chi connectivity index (χ3v) is 3.10. The van der Waals surface area contributed by atoms with Crippen LogP contribution in [0, 0.1) is 11.3 Å². The summed E-state index contributed by atoms with van der Waals surface area (Å²) >= 11 is 0. The van der Waals surface area contributed by atoms with Crippen LogP contribution in [0.2, 0.25) is 0 Å². The largest absolute Gasteiger partial charge is 0.497 e. The van der Waals surface area contributed by atoms with Gasteiger partial charge in [0.25, 0.3) is 0 Å². The number of methoxy groups -OCH3 is 1. The molecule has 0 bridgehead atoms. The second-order valence-corrected chi connectivity index (χ2v) is 4.46. The van der Waals surface area contributed by atoms with E-state index >= 15 is 0 Å². The smallest absolute Gasteiger partial charge is 0.349 e. The van der Waals surface area contributed by atoms with E-state index in [1.807, 2.05) is 25.1 Å². The van der Waals surface area contributed by atoms with E-state index in [4.69, 9.17) is 9.47 Å². The van der Waals surface area contributed by atoms with Crippen LogP contribution in [0.15, 0.2) is 29.8 Å². The molecule has 1 atom stereocenters. The molecule has 0 fully saturated rings. The molecule has 0 aliphatic carbocycles. The van der Waals surface area contributed by atoms with Gasteiger partial charge < -0.3 is 9.47 Å². The topological polar surface area (TPSA) is 59.3 Å². The minimum absolute atomic E-state index is 0.0375. The number of esters is 1. The van der Waals surface area contributed by atoms with Crippen molar-refractivity contribution in [3.63, 3.8) is 0 Å². The first kappa shape index (κ1) is 15.8. The van der Waals surface area contributed by atoms with Gasteiger partial charge in [0, 0.05) is 0 Å². The molecule has 0 aromatic heterocycles. The maximum atomic E-state index is 12.0. The summed E-state index contributed by atoms with van der Waals surface area (Å²) in [4.78, 5) is 12.0. The van der Waals surface area contributed by atoms with Crippen LogP contribution in [-0.2, 0) is 9.53 Å². The lowest BCUT2D eigenvalue weighted by molar-refractivity contribution is -0.142. The molecule has 0 radical (unpaired) electrons. The molecular formula is C16H19NO3. The number of allylic oxidation sites excluding steroid dienone is 1. The minimum atomic E-state index is -0.574. The lowest BCUT2D eigenvalue weighted by atomic mass is 10.0. The van der Waals surface area contributed by atoms with Crippen molar-refractivity contribution in [3.05, 3.63) is 35.4 Å². The van der Waals surface area contributed by atoms with Crippen molar-refractivity contribution >= 4 is 11.5 Å². The standard InChI is InChI=1S/C16H19NO3/c1-5-11(2)20-16(18)15(10-17)12(3)13-6-8-14(19-4)9-7-13/h6-9,11H,5H2,1-4H3/b15-12+. The molecule has 106 valence electrons. The monoisotopic (exact) mass is 273 g/mol. The summed E-state index contributed by atoms with van der Waals surface area (Å²) in [7, 11) is 1.59. The quantitative estimate of drug-likeness (QED) is 0.469. The molecule has 1 unspecified atom stereocenters. The van der Waals surface area contributed by atoms with Gasteiger partial charge in [0.1, 0.15) is 17.4 Å². The predicted octanol–water partition coefficient (Wildman–Crippen LogP) is 3.33. The Morgan fingerprint density at radius 1 is 1.35 bits per heavy atom. The highest BCUT2D eigenvalue weighted by atomic mass is 16.5. The van der Waals surface area contributed by atoms with Gasteiger partial charge in [-0.1, -0.05) is 19.1 Å². The molecule has 0 saturated heterocycles. The molecule has 0 saturated carbocycles. The van der Waals surface area contributed by atoms with Crippen molar-refractivity contribution in [1.29, 1.82) is 5.26 Å². The van der Waals surface area contributed by atoms with Gasteiger partial charge in [-0.2, -0.15) is 5.26 Å². The minimum Gasteiger partial charge on any atom is -0.497 e. The van der Waals surface area contributed by atoms with Crippen LogP contribution in [0.25, 0.3) is 5.57 Å². The van der Waals surface area contributed by atoms with Crippen LogP contribution >= 0.6 is 0 Å². The van der Waals surface area contributed by atoms with E-state index in [2.05, 4.69) is 0 Å². The first-order chi connectivity index (χ1) is 9.53. The van der Waals surface area contributed by atoms with E-state index in [9.17, 15) is 10.1 Å². The number of rotatable bonds is 5. The van der Waals surface area contributed by atoms with E-state index in [0.29, 0.717) is 12.0 Å². The SMILES string of the molecule is CCC(C)OC(=O)/C(C#N)=C(\C)c1ccc(OC)cc1. The average Bonchev–Trinajstić information content (AvgIpc) is 2.47. The molecule has 0 aliphatic rings. The molecule has 1 aromatic rings. The summed E-state index contributed by atoms with van der Waals surface area (Å²) in [6.45, 7) is 5.46. The Hall–Kier alpha value is -2.28. The predicted molar refractivity (Wildman–Crippen MR) is 77.0 cm³/mol. The van der Waals surface area contributed by atoms with Crippen molar-refractivity contribution < 1.29 is 14.3 Å². The van der Waals surface area contributed by atoms with Crippen molar-refractivity contribution in [2.75, 3.05) is 7.11 Å². The fourth-order valence-electron chi connectivity index (χ4n) is 1.59. The van der Waals surface area contributed by atoms with Crippen molar-refractivity contribution in [2.24, 2.45) is 0 Å². The van der Waals surface area contributed by atoms with Gasteiger partial charge in [-0.05, 0) is 43.5 Å². The molecule has 0 spiro atoms. The lowest BCUT2D eigenvalue weighted by Crippen LogP contribution is -2.16. The molecule has 0 amide bonds. The Morgan fingerprint density at radius 2 is 1.95 bits per heavy atom. The average molecular weight is 273 g/mol. The third-order valence-electron chi connectivity index (χ3n) is 3.10. The lowest BCUT2D eigenvalue weighted by Gasteiger charge is -2.12. The van der Waals surface area contributed by atoms with Gasteiger partial charge in [-0.15, -0.1) is 0 Å². The van der Waals surface area contributed by atoms with Crippen LogP contribution in [0.5, 0.6) is 5.75 Å². The van der Waals surface area contributed by atoms with Crippen LogP contribution in [0.4, 0.5) is 0 Å². The first-order valence-electron chi connectivity index (χ1n) is 6.49. The number of hydrogen-bond acceptors (Lipinski definition) is 4.